The molecule has 0 aliphatic rings. The zero-order valence-corrected chi connectivity index (χ0v) is 4.22. The molecule has 0 aromatic carbocycles. The minimum Gasteiger partial charge on any atom is -0.316 e. The van der Waals surface area contributed by atoms with Crippen molar-refractivity contribution < 1.29 is 10.0 Å². The highest BCUT2D eigenvalue weighted by molar-refractivity contribution is 5.56. The number of hydrogen-bond donors (Lipinski definition) is 2. The molecule has 0 aliphatic heterocycles. The van der Waals surface area contributed by atoms with Crippen molar-refractivity contribution in [2.45, 2.75) is 19.4 Å². The number of carbonyl (C=O) groups excluding carboxylic acids is 1. The minimum atomic E-state index is -0.389. The maximum Gasteiger partial charge on any atom is 0.139 e. The summed E-state index contributed by atoms with van der Waals surface area (Å²) in [6.07, 6.45) is 1.29. The number of aldehydes is 1. The van der Waals surface area contributed by atoms with Crippen molar-refractivity contribution in [3.63, 3.8) is 0 Å². The minimum absolute atomic E-state index is 0.389. The Labute approximate surface area is 42.3 Å². The van der Waals surface area contributed by atoms with Crippen LogP contribution in [-0.2, 0) is 4.79 Å². The lowest BCUT2D eigenvalue weighted by molar-refractivity contribution is -0.111. The summed E-state index contributed by atoms with van der Waals surface area (Å²) in [5.74, 6) is 0. The van der Waals surface area contributed by atoms with E-state index in [2.05, 4.69) is 0 Å². The lowest BCUT2D eigenvalue weighted by Gasteiger charge is -1.99. The molecule has 3 heteroatoms. The van der Waals surface area contributed by atoms with Gasteiger partial charge in [0.25, 0.3) is 0 Å². The number of rotatable bonds is 3. The highest BCUT2D eigenvalue weighted by Gasteiger charge is 1.96. The third-order valence-corrected chi connectivity index (χ3v) is 0.770. The molecule has 0 radical (unpaired) electrons. The first kappa shape index (κ1) is 6.59. The largest absolute Gasteiger partial charge is 0.316 e. The molecule has 0 bridgehead atoms. The normalized spacial score (nSPS) is 13.4. The summed E-state index contributed by atoms with van der Waals surface area (Å²) in [6.45, 7) is 1.81. The molecular formula is C4H9NO2. The fraction of sp³-hybridized carbons (Fsp3) is 0.750. The molecule has 0 amide bonds. The quantitative estimate of drug-likeness (QED) is 0.388. The summed E-state index contributed by atoms with van der Waals surface area (Å²) >= 11 is 0. The van der Waals surface area contributed by atoms with Gasteiger partial charge in [-0.25, -0.2) is 0 Å². The summed E-state index contributed by atoms with van der Waals surface area (Å²) in [5.41, 5.74) is 1.83. The molecule has 2 N–H and O–H groups in total. The van der Waals surface area contributed by atoms with Crippen LogP contribution in [0.4, 0.5) is 0 Å². The van der Waals surface area contributed by atoms with Crippen LogP contribution in [-0.4, -0.2) is 17.5 Å². The molecule has 0 aliphatic carbocycles. The third kappa shape index (κ3) is 2.31. The van der Waals surface area contributed by atoms with Crippen LogP contribution >= 0.6 is 0 Å². The van der Waals surface area contributed by atoms with Crippen molar-refractivity contribution in [2.24, 2.45) is 0 Å². The van der Waals surface area contributed by atoms with Gasteiger partial charge in [0.15, 0.2) is 0 Å². The molecule has 0 aromatic heterocycles. The second kappa shape index (κ2) is 3.77. The second-order valence-electron chi connectivity index (χ2n) is 1.28. The Morgan fingerprint density at radius 2 is 2.57 bits per heavy atom. The predicted octanol–water partition coefficient (Wildman–Crippen LogP) is -0.0573. The molecule has 0 heterocycles. The molecule has 0 saturated heterocycles. The van der Waals surface area contributed by atoms with E-state index in [0.717, 1.165) is 0 Å². The molecule has 0 fully saturated rings. The summed E-state index contributed by atoms with van der Waals surface area (Å²) in [5, 5.41) is 8.04. The second-order valence-corrected chi connectivity index (χ2v) is 1.28. The number of hydrogen-bond acceptors (Lipinski definition) is 3. The van der Waals surface area contributed by atoms with Crippen LogP contribution in [0.1, 0.15) is 13.3 Å². The molecule has 7 heavy (non-hydrogen) atoms. The predicted molar refractivity (Wildman–Crippen MR) is 25.1 cm³/mol. The molecule has 0 rings (SSSR count). The van der Waals surface area contributed by atoms with E-state index in [1.807, 2.05) is 12.4 Å². The molecule has 42 valence electrons. The van der Waals surface area contributed by atoms with E-state index in [-0.39, 0.29) is 6.04 Å². The standard InChI is InChI=1S/C4H9NO2/c1-2-4(3-6)5-7/h3-5,7H,2H2,1H3. The van der Waals surface area contributed by atoms with Crippen LogP contribution in [0.3, 0.4) is 0 Å². The maximum atomic E-state index is 9.74. The summed E-state index contributed by atoms with van der Waals surface area (Å²) in [6, 6.07) is -0.389. The first-order valence-electron chi connectivity index (χ1n) is 2.20. The highest BCUT2D eigenvalue weighted by Crippen LogP contribution is 1.80. The van der Waals surface area contributed by atoms with Gasteiger partial charge < -0.3 is 10.0 Å². The van der Waals surface area contributed by atoms with E-state index in [0.29, 0.717) is 12.7 Å². The summed E-state index contributed by atoms with van der Waals surface area (Å²) in [4.78, 5) is 9.74. The first-order chi connectivity index (χ1) is 3.35. The van der Waals surface area contributed by atoms with Gasteiger partial charge in [0.2, 0.25) is 0 Å². The smallest absolute Gasteiger partial charge is 0.139 e. The molecule has 0 aromatic rings. The molecular weight excluding hydrogens is 94.0 g/mol. The molecule has 3 nitrogen and oxygen atoms in total. The Morgan fingerprint density at radius 1 is 2.00 bits per heavy atom. The Hall–Kier alpha value is -0.410. The topological polar surface area (TPSA) is 49.3 Å². The molecule has 0 saturated carbocycles. The Bertz CT molecular complexity index is 51.7. The van der Waals surface area contributed by atoms with Crippen molar-refractivity contribution in [1.82, 2.24) is 5.48 Å². The maximum absolute atomic E-state index is 9.74. The summed E-state index contributed by atoms with van der Waals surface area (Å²) < 4.78 is 0. The molecule has 0 spiro atoms. The molecule has 1 atom stereocenters. The van der Waals surface area contributed by atoms with Crippen LogP contribution in [0.2, 0.25) is 0 Å². The van der Waals surface area contributed by atoms with Gasteiger partial charge >= 0.3 is 0 Å². The van der Waals surface area contributed by atoms with Crippen LogP contribution in [0.15, 0.2) is 0 Å². The molecule has 1 unspecified atom stereocenters. The van der Waals surface area contributed by atoms with Crippen molar-refractivity contribution in [1.29, 1.82) is 0 Å². The van der Waals surface area contributed by atoms with Gasteiger partial charge in [0.1, 0.15) is 6.29 Å². The van der Waals surface area contributed by atoms with Crippen molar-refractivity contribution in [2.75, 3.05) is 0 Å². The monoisotopic (exact) mass is 103 g/mol. The van der Waals surface area contributed by atoms with Gasteiger partial charge in [-0.05, 0) is 6.42 Å². The van der Waals surface area contributed by atoms with Crippen LogP contribution in [0.5, 0.6) is 0 Å². The fourth-order valence-electron chi connectivity index (χ4n) is 0.218. The van der Waals surface area contributed by atoms with Crippen molar-refractivity contribution in [3.8, 4) is 0 Å². The van der Waals surface area contributed by atoms with E-state index in [1.54, 1.807) is 0 Å². The lowest BCUT2D eigenvalue weighted by atomic mass is 10.3. The third-order valence-electron chi connectivity index (χ3n) is 0.770. The number of carbonyl (C=O) groups is 1. The first-order valence-corrected chi connectivity index (χ1v) is 2.20. The van der Waals surface area contributed by atoms with Crippen molar-refractivity contribution >= 4 is 6.29 Å². The fourth-order valence-corrected chi connectivity index (χ4v) is 0.218. The van der Waals surface area contributed by atoms with Gasteiger partial charge in [-0.3, -0.25) is 0 Å². The van der Waals surface area contributed by atoms with Crippen LogP contribution in [0.25, 0.3) is 0 Å². The SMILES string of the molecule is CCC(C=O)NO. The average molecular weight is 103 g/mol. The average Bonchev–Trinajstić information content (AvgIpc) is 1.72. The van der Waals surface area contributed by atoms with E-state index in [4.69, 9.17) is 5.21 Å². The van der Waals surface area contributed by atoms with Gasteiger partial charge in [-0.15, -0.1) is 0 Å². The van der Waals surface area contributed by atoms with E-state index in [9.17, 15) is 4.79 Å². The Kier molecular flexibility index (Phi) is 3.55. The van der Waals surface area contributed by atoms with E-state index >= 15 is 0 Å². The highest BCUT2D eigenvalue weighted by atomic mass is 16.5. The zero-order valence-electron chi connectivity index (χ0n) is 4.22. The van der Waals surface area contributed by atoms with Gasteiger partial charge in [0, 0.05) is 0 Å². The summed E-state index contributed by atoms with van der Waals surface area (Å²) in [7, 11) is 0. The van der Waals surface area contributed by atoms with Gasteiger partial charge in [0.05, 0.1) is 6.04 Å². The van der Waals surface area contributed by atoms with Crippen molar-refractivity contribution in [3.05, 3.63) is 0 Å². The van der Waals surface area contributed by atoms with Crippen LogP contribution in [0, 0.1) is 0 Å². The number of hydroxylamine groups is 1. The Morgan fingerprint density at radius 3 is 2.57 bits per heavy atom. The Balaban J connectivity index is 3.16. The lowest BCUT2D eigenvalue weighted by Crippen LogP contribution is -2.25. The van der Waals surface area contributed by atoms with E-state index < -0.39 is 0 Å². The number of nitrogens with one attached hydrogen (secondary N) is 1. The van der Waals surface area contributed by atoms with E-state index in [1.165, 1.54) is 0 Å². The van der Waals surface area contributed by atoms with Crippen LogP contribution < -0.4 is 5.48 Å². The van der Waals surface area contributed by atoms with Gasteiger partial charge in [-0.1, -0.05) is 6.92 Å². The zero-order chi connectivity index (χ0) is 5.70. The van der Waals surface area contributed by atoms with Gasteiger partial charge in [-0.2, -0.15) is 5.48 Å².